The quantitative estimate of drug-likeness (QED) is 0.899. The number of nitrogens with one attached hydrogen (secondary N) is 1. The van der Waals surface area contributed by atoms with Gasteiger partial charge < -0.3 is 10.4 Å². The molecule has 0 saturated carbocycles. The van der Waals surface area contributed by atoms with E-state index in [0.29, 0.717) is 20.9 Å². The van der Waals surface area contributed by atoms with Gasteiger partial charge in [0.2, 0.25) is 0 Å². The van der Waals surface area contributed by atoms with Gasteiger partial charge in [0.15, 0.2) is 10.8 Å². The van der Waals surface area contributed by atoms with Crippen LogP contribution in [0.4, 0.5) is 10.8 Å². The van der Waals surface area contributed by atoms with E-state index >= 15 is 0 Å². The third-order valence-electron chi connectivity index (χ3n) is 1.84. The number of nitrogens with zero attached hydrogens (tertiary/aromatic N) is 1. The first kappa shape index (κ1) is 12.2. The van der Waals surface area contributed by atoms with Crippen molar-refractivity contribution in [2.45, 2.75) is 0 Å². The predicted octanol–water partition coefficient (Wildman–Crippen LogP) is 3.89. The lowest BCUT2D eigenvalue weighted by molar-refractivity contribution is 0.0691. The number of carboxylic acid groups (broad SMARTS) is 1. The summed E-state index contributed by atoms with van der Waals surface area (Å²) in [7, 11) is 0. The molecule has 2 aromatic rings. The molecular formula is C10H6Cl2N2O2S. The highest BCUT2D eigenvalue weighted by Crippen LogP contribution is 2.26. The second-order valence-electron chi connectivity index (χ2n) is 3.13. The van der Waals surface area contributed by atoms with Crippen molar-refractivity contribution in [3.63, 3.8) is 0 Å². The number of halogens is 2. The van der Waals surface area contributed by atoms with Crippen LogP contribution in [0.25, 0.3) is 0 Å². The van der Waals surface area contributed by atoms with Crippen molar-refractivity contribution < 1.29 is 9.90 Å². The standard InChI is InChI=1S/C10H6Cl2N2O2S/c11-5-1-6(12)3-7(2-5)13-10-14-8(4-17-10)9(15)16/h1-4H,(H,13,14)(H,15,16). The average molecular weight is 289 g/mol. The van der Waals surface area contributed by atoms with Crippen LogP contribution in [0.15, 0.2) is 23.6 Å². The van der Waals surface area contributed by atoms with Crippen LogP contribution in [0.5, 0.6) is 0 Å². The maximum atomic E-state index is 10.6. The van der Waals surface area contributed by atoms with E-state index < -0.39 is 5.97 Å². The molecule has 1 heterocycles. The first-order chi connectivity index (χ1) is 8.04. The van der Waals surface area contributed by atoms with Gasteiger partial charge in [-0.25, -0.2) is 9.78 Å². The molecule has 0 fully saturated rings. The van der Waals surface area contributed by atoms with Crippen LogP contribution in [-0.4, -0.2) is 16.1 Å². The Morgan fingerprint density at radius 3 is 2.47 bits per heavy atom. The number of carboxylic acids is 1. The summed E-state index contributed by atoms with van der Waals surface area (Å²) in [5.41, 5.74) is 0.666. The number of aromatic carboxylic acids is 1. The largest absolute Gasteiger partial charge is 0.476 e. The molecule has 2 rings (SSSR count). The van der Waals surface area contributed by atoms with Crippen LogP contribution in [-0.2, 0) is 0 Å². The number of carbonyl (C=O) groups is 1. The number of rotatable bonds is 3. The smallest absolute Gasteiger partial charge is 0.355 e. The molecule has 4 nitrogen and oxygen atoms in total. The number of aromatic nitrogens is 1. The van der Waals surface area contributed by atoms with Crippen LogP contribution < -0.4 is 5.32 Å². The molecule has 2 N–H and O–H groups in total. The van der Waals surface area contributed by atoms with Crippen molar-refractivity contribution in [2.75, 3.05) is 5.32 Å². The molecule has 0 saturated heterocycles. The number of hydrogen-bond donors (Lipinski definition) is 2. The molecule has 0 radical (unpaired) electrons. The van der Waals surface area contributed by atoms with E-state index in [9.17, 15) is 4.79 Å². The van der Waals surface area contributed by atoms with E-state index in [4.69, 9.17) is 28.3 Å². The van der Waals surface area contributed by atoms with Gasteiger partial charge in [0.25, 0.3) is 0 Å². The summed E-state index contributed by atoms with van der Waals surface area (Å²) in [5, 5.41) is 14.6. The van der Waals surface area contributed by atoms with E-state index in [1.807, 2.05) is 0 Å². The van der Waals surface area contributed by atoms with Crippen LogP contribution in [0.2, 0.25) is 10.0 Å². The zero-order valence-corrected chi connectivity index (χ0v) is 10.6. The van der Waals surface area contributed by atoms with Crippen molar-refractivity contribution in [2.24, 2.45) is 0 Å². The van der Waals surface area contributed by atoms with Crippen LogP contribution in [0.3, 0.4) is 0 Å². The van der Waals surface area contributed by atoms with Crippen molar-refractivity contribution in [3.8, 4) is 0 Å². The summed E-state index contributed by atoms with van der Waals surface area (Å²) in [6.07, 6.45) is 0. The molecule has 17 heavy (non-hydrogen) atoms. The summed E-state index contributed by atoms with van der Waals surface area (Å²) in [6, 6.07) is 4.96. The highest BCUT2D eigenvalue weighted by molar-refractivity contribution is 7.14. The SMILES string of the molecule is O=C(O)c1csc(Nc2cc(Cl)cc(Cl)c2)n1. The normalized spacial score (nSPS) is 10.2. The highest BCUT2D eigenvalue weighted by atomic mass is 35.5. The lowest BCUT2D eigenvalue weighted by Gasteiger charge is -2.03. The van der Waals surface area contributed by atoms with Crippen LogP contribution >= 0.6 is 34.5 Å². The molecule has 0 unspecified atom stereocenters. The molecule has 0 aliphatic carbocycles. The van der Waals surface area contributed by atoms with E-state index in [2.05, 4.69) is 10.3 Å². The zero-order valence-electron chi connectivity index (χ0n) is 8.28. The van der Waals surface area contributed by atoms with Crippen molar-refractivity contribution in [1.82, 2.24) is 4.98 Å². The minimum absolute atomic E-state index is 0.00521. The zero-order chi connectivity index (χ0) is 12.4. The van der Waals surface area contributed by atoms with E-state index in [1.54, 1.807) is 18.2 Å². The van der Waals surface area contributed by atoms with E-state index in [0.717, 1.165) is 0 Å². The third-order valence-corrected chi connectivity index (χ3v) is 3.03. The van der Waals surface area contributed by atoms with Gasteiger partial charge in [0, 0.05) is 21.1 Å². The monoisotopic (exact) mass is 288 g/mol. The molecule has 0 aliphatic rings. The fourth-order valence-electron chi connectivity index (χ4n) is 1.18. The van der Waals surface area contributed by atoms with Crippen molar-refractivity contribution in [1.29, 1.82) is 0 Å². The molecule has 0 aliphatic heterocycles. The molecule has 88 valence electrons. The highest BCUT2D eigenvalue weighted by Gasteiger charge is 2.08. The summed E-state index contributed by atoms with van der Waals surface area (Å²) in [6.45, 7) is 0. The summed E-state index contributed by atoms with van der Waals surface area (Å²) in [5.74, 6) is -1.06. The van der Waals surface area contributed by atoms with Gasteiger partial charge in [0.1, 0.15) is 0 Å². The van der Waals surface area contributed by atoms with Gasteiger partial charge in [-0.1, -0.05) is 23.2 Å². The Labute approximate surface area is 111 Å². The molecule has 1 aromatic carbocycles. The summed E-state index contributed by atoms with van der Waals surface area (Å²) >= 11 is 12.9. The van der Waals surface area contributed by atoms with Gasteiger partial charge in [-0.05, 0) is 18.2 Å². The van der Waals surface area contributed by atoms with Gasteiger partial charge in [-0.3, -0.25) is 0 Å². The molecule has 0 bridgehead atoms. The minimum Gasteiger partial charge on any atom is -0.476 e. The molecule has 1 aromatic heterocycles. The second kappa shape index (κ2) is 4.91. The fraction of sp³-hybridized carbons (Fsp3) is 0. The van der Waals surface area contributed by atoms with Crippen LogP contribution in [0.1, 0.15) is 10.5 Å². The molecule has 0 spiro atoms. The fourth-order valence-corrected chi connectivity index (χ4v) is 2.41. The average Bonchev–Trinajstić information content (AvgIpc) is 2.64. The molecule has 0 atom stereocenters. The van der Waals surface area contributed by atoms with Gasteiger partial charge in [0.05, 0.1) is 0 Å². The van der Waals surface area contributed by atoms with Crippen molar-refractivity contribution >= 4 is 51.3 Å². The van der Waals surface area contributed by atoms with E-state index in [-0.39, 0.29) is 5.69 Å². The Kier molecular flexibility index (Phi) is 3.51. The Morgan fingerprint density at radius 1 is 1.29 bits per heavy atom. The second-order valence-corrected chi connectivity index (χ2v) is 4.86. The van der Waals surface area contributed by atoms with Gasteiger partial charge in [-0.15, -0.1) is 11.3 Å². The lowest BCUT2D eigenvalue weighted by atomic mass is 10.3. The van der Waals surface area contributed by atoms with Crippen LogP contribution in [0, 0.1) is 0 Å². The molecule has 7 heteroatoms. The summed E-state index contributed by atoms with van der Waals surface area (Å²) in [4.78, 5) is 14.5. The number of hydrogen-bond acceptors (Lipinski definition) is 4. The topological polar surface area (TPSA) is 62.2 Å². The Hall–Kier alpha value is -1.30. The first-order valence-corrected chi connectivity index (χ1v) is 6.10. The lowest BCUT2D eigenvalue weighted by Crippen LogP contribution is -1.97. The Bertz CT molecular complexity index is 551. The number of benzene rings is 1. The first-order valence-electron chi connectivity index (χ1n) is 4.46. The maximum Gasteiger partial charge on any atom is 0.355 e. The molecular weight excluding hydrogens is 283 g/mol. The Morgan fingerprint density at radius 2 is 1.94 bits per heavy atom. The van der Waals surface area contributed by atoms with Gasteiger partial charge >= 0.3 is 5.97 Å². The van der Waals surface area contributed by atoms with E-state index in [1.165, 1.54) is 16.7 Å². The maximum absolute atomic E-state index is 10.6. The number of anilines is 2. The van der Waals surface area contributed by atoms with Crippen molar-refractivity contribution in [3.05, 3.63) is 39.3 Å². The summed E-state index contributed by atoms with van der Waals surface area (Å²) < 4.78 is 0. The third kappa shape index (κ3) is 3.09. The number of thiazole rings is 1. The minimum atomic E-state index is -1.06. The molecule has 0 amide bonds. The van der Waals surface area contributed by atoms with Gasteiger partial charge in [-0.2, -0.15) is 0 Å². The Balaban J connectivity index is 2.22. The predicted molar refractivity (Wildman–Crippen MR) is 68.8 cm³/mol.